The molecule has 1 aromatic heterocycles. The highest BCUT2D eigenvalue weighted by Crippen LogP contribution is 2.20. The Morgan fingerprint density at radius 3 is 2.71 bits per heavy atom. The van der Waals surface area contributed by atoms with E-state index in [0.717, 1.165) is 42.3 Å². The zero-order chi connectivity index (χ0) is 12.8. The number of aryl methyl sites for hydroxylation is 2. The van der Waals surface area contributed by atoms with Crippen LogP contribution in [0.3, 0.4) is 0 Å². The number of hydrogen-bond acceptors (Lipinski definition) is 3. The molecule has 98 valence electrons. The largest absolute Gasteiger partial charge is 0.381 e. The van der Waals surface area contributed by atoms with Gasteiger partial charge in [0.2, 0.25) is 0 Å². The van der Waals surface area contributed by atoms with Crippen LogP contribution < -0.4 is 5.73 Å². The van der Waals surface area contributed by atoms with Crippen molar-refractivity contribution in [2.24, 2.45) is 12.8 Å². The highest BCUT2D eigenvalue weighted by molar-refractivity contribution is 6.31. The number of rotatable bonds is 7. The lowest BCUT2D eigenvalue weighted by molar-refractivity contribution is 0.127. The first-order valence-corrected chi connectivity index (χ1v) is 6.45. The zero-order valence-corrected chi connectivity index (χ0v) is 11.6. The topological polar surface area (TPSA) is 53.1 Å². The van der Waals surface area contributed by atoms with Crippen molar-refractivity contribution in [3.63, 3.8) is 0 Å². The summed E-state index contributed by atoms with van der Waals surface area (Å²) in [5.41, 5.74) is 7.92. The van der Waals surface area contributed by atoms with Crippen LogP contribution in [0.4, 0.5) is 0 Å². The molecule has 0 aliphatic carbocycles. The Morgan fingerprint density at radius 2 is 2.18 bits per heavy atom. The second-order valence-corrected chi connectivity index (χ2v) is 4.71. The molecule has 0 aromatic carbocycles. The van der Waals surface area contributed by atoms with Crippen LogP contribution in [0.1, 0.15) is 31.2 Å². The van der Waals surface area contributed by atoms with Gasteiger partial charge in [-0.3, -0.25) is 4.68 Å². The number of nitrogens with two attached hydrogens (primary N) is 1. The summed E-state index contributed by atoms with van der Waals surface area (Å²) in [5.74, 6) is 0. The van der Waals surface area contributed by atoms with Gasteiger partial charge in [0.25, 0.3) is 0 Å². The molecule has 1 atom stereocenters. The standard InChI is InChI=1S/C12H22ClN3O/c1-4-6-17-7-5-10(14)8-11-12(13)9(2)15-16(11)3/h10H,4-8,14H2,1-3H3. The molecular formula is C12H22ClN3O. The predicted octanol–water partition coefficient (Wildman–Crippen LogP) is 2.07. The third kappa shape index (κ3) is 4.30. The van der Waals surface area contributed by atoms with Gasteiger partial charge in [-0.2, -0.15) is 5.10 Å². The van der Waals surface area contributed by atoms with Gasteiger partial charge in [-0.25, -0.2) is 0 Å². The number of hydrogen-bond donors (Lipinski definition) is 1. The minimum absolute atomic E-state index is 0.0687. The van der Waals surface area contributed by atoms with Crippen LogP contribution in [0.15, 0.2) is 0 Å². The van der Waals surface area contributed by atoms with Gasteiger partial charge in [0.1, 0.15) is 0 Å². The number of halogens is 1. The number of nitrogens with zero attached hydrogens (tertiary/aromatic N) is 2. The van der Waals surface area contributed by atoms with Crippen molar-refractivity contribution in [3.05, 3.63) is 16.4 Å². The minimum atomic E-state index is 0.0687. The van der Waals surface area contributed by atoms with Gasteiger partial charge < -0.3 is 10.5 Å². The monoisotopic (exact) mass is 259 g/mol. The van der Waals surface area contributed by atoms with E-state index in [1.54, 1.807) is 0 Å². The molecule has 5 heteroatoms. The van der Waals surface area contributed by atoms with Gasteiger partial charge in [0.05, 0.1) is 16.4 Å². The molecule has 0 amide bonds. The molecule has 1 unspecified atom stereocenters. The molecule has 17 heavy (non-hydrogen) atoms. The van der Waals surface area contributed by atoms with Crippen LogP contribution in [0, 0.1) is 6.92 Å². The molecule has 0 aliphatic rings. The van der Waals surface area contributed by atoms with Gasteiger partial charge >= 0.3 is 0 Å². The Labute approximate surface area is 108 Å². The Morgan fingerprint density at radius 1 is 1.47 bits per heavy atom. The molecule has 0 radical (unpaired) electrons. The first-order chi connectivity index (χ1) is 8.06. The van der Waals surface area contributed by atoms with E-state index in [-0.39, 0.29) is 6.04 Å². The van der Waals surface area contributed by atoms with Crippen LogP contribution in [0.5, 0.6) is 0 Å². The van der Waals surface area contributed by atoms with Crippen molar-refractivity contribution < 1.29 is 4.74 Å². The number of aromatic nitrogens is 2. The molecule has 0 bridgehead atoms. The van der Waals surface area contributed by atoms with Crippen molar-refractivity contribution in [3.8, 4) is 0 Å². The Bertz CT molecular complexity index is 352. The molecule has 1 heterocycles. The normalized spacial score (nSPS) is 13.0. The molecule has 1 aromatic rings. The second-order valence-electron chi connectivity index (χ2n) is 4.33. The zero-order valence-electron chi connectivity index (χ0n) is 10.9. The molecule has 4 nitrogen and oxygen atoms in total. The van der Waals surface area contributed by atoms with Gasteiger partial charge in [-0.1, -0.05) is 18.5 Å². The lowest BCUT2D eigenvalue weighted by Gasteiger charge is -2.12. The SMILES string of the molecule is CCCOCCC(N)Cc1c(Cl)c(C)nn1C. The van der Waals surface area contributed by atoms with E-state index in [1.807, 2.05) is 18.7 Å². The summed E-state index contributed by atoms with van der Waals surface area (Å²) < 4.78 is 7.23. The van der Waals surface area contributed by atoms with Crippen molar-refractivity contribution in [2.45, 2.75) is 39.2 Å². The fourth-order valence-corrected chi connectivity index (χ4v) is 1.97. The Balaban J connectivity index is 2.42. The van der Waals surface area contributed by atoms with Crippen molar-refractivity contribution in [1.82, 2.24) is 9.78 Å². The third-order valence-electron chi connectivity index (χ3n) is 2.70. The van der Waals surface area contributed by atoms with Crippen LogP contribution in [0.2, 0.25) is 5.02 Å². The minimum Gasteiger partial charge on any atom is -0.381 e. The van der Waals surface area contributed by atoms with Crippen LogP contribution in [-0.2, 0) is 18.2 Å². The first kappa shape index (κ1) is 14.5. The summed E-state index contributed by atoms with van der Waals surface area (Å²) >= 11 is 6.17. The van der Waals surface area contributed by atoms with Gasteiger partial charge in [-0.05, 0) is 19.8 Å². The van der Waals surface area contributed by atoms with Crippen LogP contribution in [-0.4, -0.2) is 29.0 Å². The molecule has 0 spiro atoms. The van der Waals surface area contributed by atoms with Crippen LogP contribution >= 0.6 is 11.6 Å². The molecular weight excluding hydrogens is 238 g/mol. The average molecular weight is 260 g/mol. The second kappa shape index (κ2) is 6.99. The third-order valence-corrected chi connectivity index (χ3v) is 3.19. The van der Waals surface area contributed by atoms with E-state index in [0.29, 0.717) is 6.61 Å². The summed E-state index contributed by atoms with van der Waals surface area (Å²) in [5, 5.41) is 5.01. The maximum absolute atomic E-state index is 6.17. The molecule has 2 N–H and O–H groups in total. The van der Waals surface area contributed by atoms with E-state index < -0.39 is 0 Å². The maximum atomic E-state index is 6.17. The van der Waals surface area contributed by atoms with E-state index in [2.05, 4.69) is 12.0 Å². The lowest BCUT2D eigenvalue weighted by atomic mass is 10.1. The number of ether oxygens (including phenoxy) is 1. The van der Waals surface area contributed by atoms with E-state index >= 15 is 0 Å². The first-order valence-electron chi connectivity index (χ1n) is 6.07. The molecule has 0 saturated carbocycles. The fraction of sp³-hybridized carbons (Fsp3) is 0.750. The smallest absolute Gasteiger partial charge is 0.0847 e. The molecule has 1 rings (SSSR count). The summed E-state index contributed by atoms with van der Waals surface area (Å²) in [6.45, 7) is 5.52. The molecule has 0 aliphatic heterocycles. The highest BCUT2D eigenvalue weighted by Gasteiger charge is 2.14. The van der Waals surface area contributed by atoms with Crippen molar-refractivity contribution in [2.75, 3.05) is 13.2 Å². The average Bonchev–Trinajstić information content (AvgIpc) is 2.52. The van der Waals surface area contributed by atoms with E-state index in [9.17, 15) is 0 Å². The Kier molecular flexibility index (Phi) is 5.95. The Hall–Kier alpha value is -0.580. The quantitative estimate of drug-likeness (QED) is 0.763. The summed E-state index contributed by atoms with van der Waals surface area (Å²) in [6, 6.07) is 0.0687. The molecule has 0 saturated heterocycles. The highest BCUT2D eigenvalue weighted by atomic mass is 35.5. The molecule has 0 fully saturated rings. The van der Waals surface area contributed by atoms with Crippen molar-refractivity contribution in [1.29, 1.82) is 0 Å². The van der Waals surface area contributed by atoms with E-state index in [1.165, 1.54) is 0 Å². The van der Waals surface area contributed by atoms with Crippen LogP contribution in [0.25, 0.3) is 0 Å². The summed E-state index contributed by atoms with van der Waals surface area (Å²) in [7, 11) is 1.90. The fourth-order valence-electron chi connectivity index (χ4n) is 1.73. The lowest BCUT2D eigenvalue weighted by Crippen LogP contribution is -2.26. The van der Waals surface area contributed by atoms with Gasteiger partial charge in [-0.15, -0.1) is 0 Å². The van der Waals surface area contributed by atoms with Crippen molar-refractivity contribution >= 4 is 11.6 Å². The van der Waals surface area contributed by atoms with E-state index in [4.69, 9.17) is 22.1 Å². The van der Waals surface area contributed by atoms with Gasteiger partial charge in [0, 0.05) is 32.7 Å². The predicted molar refractivity (Wildman–Crippen MR) is 70.4 cm³/mol. The maximum Gasteiger partial charge on any atom is 0.0847 e. The van der Waals surface area contributed by atoms with Gasteiger partial charge in [0.15, 0.2) is 0 Å². The summed E-state index contributed by atoms with van der Waals surface area (Å²) in [6.07, 6.45) is 2.63. The summed E-state index contributed by atoms with van der Waals surface area (Å²) in [4.78, 5) is 0.